The van der Waals surface area contributed by atoms with Crippen LogP contribution < -0.4 is 5.32 Å². The van der Waals surface area contributed by atoms with Crippen LogP contribution in [0, 0.1) is 0 Å². The van der Waals surface area contributed by atoms with Gasteiger partial charge in [-0.2, -0.15) is 0 Å². The second-order valence-corrected chi connectivity index (χ2v) is 5.76. The first-order valence-electron chi connectivity index (χ1n) is 6.48. The standard InChI is InChI=1S/C13H16Cl2F2N2O2/c14-9-5-8(6-10(15)11(9)21)12(13(16,17)7-20)19-3-1-18-2-4-19/h5-6,12,18,20-21H,1-4,7H2/t12-/m0/s1. The number of aromatic hydroxyl groups is 1. The van der Waals surface area contributed by atoms with E-state index in [9.17, 15) is 13.9 Å². The minimum absolute atomic E-state index is 0.0913. The van der Waals surface area contributed by atoms with E-state index in [0.717, 1.165) is 0 Å². The number of phenolic OH excluding ortho intramolecular Hbond substituents is 1. The maximum absolute atomic E-state index is 14.2. The fourth-order valence-electron chi connectivity index (χ4n) is 2.49. The van der Waals surface area contributed by atoms with Crippen LogP contribution in [0.25, 0.3) is 0 Å². The van der Waals surface area contributed by atoms with Crippen LogP contribution in [0.1, 0.15) is 11.6 Å². The van der Waals surface area contributed by atoms with Crippen molar-refractivity contribution in [3.63, 3.8) is 0 Å². The second-order valence-electron chi connectivity index (χ2n) is 4.94. The predicted octanol–water partition coefficient (Wildman–Crippen LogP) is 2.27. The largest absolute Gasteiger partial charge is 0.505 e. The molecule has 1 aliphatic heterocycles. The van der Waals surface area contributed by atoms with Crippen molar-refractivity contribution < 1.29 is 19.0 Å². The van der Waals surface area contributed by atoms with E-state index in [0.29, 0.717) is 26.2 Å². The quantitative estimate of drug-likeness (QED) is 0.787. The number of hydrogen-bond acceptors (Lipinski definition) is 4. The summed E-state index contributed by atoms with van der Waals surface area (Å²) in [6.45, 7) is 0.708. The van der Waals surface area contributed by atoms with Crippen LogP contribution in [0.3, 0.4) is 0 Å². The van der Waals surface area contributed by atoms with Gasteiger partial charge in [-0.05, 0) is 17.7 Å². The minimum atomic E-state index is -3.35. The van der Waals surface area contributed by atoms with Gasteiger partial charge in [0.1, 0.15) is 12.6 Å². The summed E-state index contributed by atoms with van der Waals surface area (Å²) in [6, 6.07) is 1.18. The van der Waals surface area contributed by atoms with E-state index >= 15 is 0 Å². The molecule has 0 aliphatic carbocycles. The lowest BCUT2D eigenvalue weighted by Crippen LogP contribution is -2.51. The smallest absolute Gasteiger partial charge is 0.289 e. The zero-order chi connectivity index (χ0) is 15.6. The van der Waals surface area contributed by atoms with E-state index in [1.165, 1.54) is 12.1 Å². The second kappa shape index (κ2) is 6.62. The Kier molecular flexibility index (Phi) is 5.27. The van der Waals surface area contributed by atoms with Crippen LogP contribution in [0.2, 0.25) is 10.0 Å². The van der Waals surface area contributed by atoms with E-state index in [1.54, 1.807) is 4.90 Å². The SMILES string of the molecule is OCC(F)(F)[C@H](c1cc(Cl)c(O)c(Cl)c1)N1CCNCC1. The van der Waals surface area contributed by atoms with Gasteiger partial charge in [-0.3, -0.25) is 4.90 Å². The maximum atomic E-state index is 14.2. The van der Waals surface area contributed by atoms with Gasteiger partial charge in [-0.1, -0.05) is 23.2 Å². The van der Waals surface area contributed by atoms with Crippen LogP contribution in [-0.2, 0) is 0 Å². The van der Waals surface area contributed by atoms with Crippen LogP contribution in [0.15, 0.2) is 12.1 Å². The predicted molar refractivity (Wildman–Crippen MR) is 77.3 cm³/mol. The molecule has 0 radical (unpaired) electrons. The van der Waals surface area contributed by atoms with Crippen molar-refractivity contribution in [3.05, 3.63) is 27.7 Å². The highest BCUT2D eigenvalue weighted by molar-refractivity contribution is 6.37. The minimum Gasteiger partial charge on any atom is -0.505 e. The van der Waals surface area contributed by atoms with Gasteiger partial charge in [0.25, 0.3) is 5.92 Å². The lowest BCUT2D eigenvalue weighted by atomic mass is 9.98. The van der Waals surface area contributed by atoms with Crippen LogP contribution in [0.4, 0.5) is 8.78 Å². The molecule has 2 rings (SSSR count). The molecule has 3 N–H and O–H groups in total. The Hall–Kier alpha value is -0.660. The van der Waals surface area contributed by atoms with Crippen LogP contribution in [0.5, 0.6) is 5.75 Å². The molecule has 1 aliphatic rings. The van der Waals surface area contributed by atoms with E-state index in [-0.39, 0.29) is 21.4 Å². The third kappa shape index (κ3) is 3.57. The Morgan fingerprint density at radius 1 is 1.24 bits per heavy atom. The highest BCUT2D eigenvalue weighted by Crippen LogP contribution is 2.41. The number of aliphatic hydroxyl groups excluding tert-OH is 1. The van der Waals surface area contributed by atoms with Gasteiger partial charge in [-0.15, -0.1) is 0 Å². The molecule has 1 atom stereocenters. The molecular formula is C13H16Cl2F2N2O2. The molecule has 1 aromatic carbocycles. The summed E-state index contributed by atoms with van der Waals surface area (Å²) in [5, 5.41) is 21.5. The number of phenols is 1. The third-order valence-corrected chi connectivity index (χ3v) is 4.06. The van der Waals surface area contributed by atoms with E-state index < -0.39 is 18.6 Å². The molecule has 8 heteroatoms. The number of hydrogen-bond donors (Lipinski definition) is 3. The Balaban J connectivity index is 2.44. The normalized spacial score (nSPS) is 18.7. The number of halogens is 4. The van der Waals surface area contributed by atoms with Crippen LogP contribution >= 0.6 is 23.2 Å². The zero-order valence-electron chi connectivity index (χ0n) is 11.1. The first-order valence-corrected chi connectivity index (χ1v) is 7.24. The van der Waals surface area contributed by atoms with Gasteiger partial charge in [0.2, 0.25) is 0 Å². The maximum Gasteiger partial charge on any atom is 0.289 e. The molecule has 1 aromatic rings. The van der Waals surface area contributed by atoms with Crippen molar-refractivity contribution in [3.8, 4) is 5.75 Å². The Bertz CT molecular complexity index is 488. The summed E-state index contributed by atoms with van der Waals surface area (Å²) >= 11 is 11.6. The summed E-state index contributed by atoms with van der Waals surface area (Å²) in [6.07, 6.45) is 0. The molecule has 0 bridgehead atoms. The van der Waals surface area contributed by atoms with Crippen molar-refractivity contribution in [2.45, 2.75) is 12.0 Å². The van der Waals surface area contributed by atoms with Gasteiger partial charge >= 0.3 is 0 Å². The molecule has 0 aromatic heterocycles. The first kappa shape index (κ1) is 16.7. The summed E-state index contributed by atoms with van der Waals surface area (Å²) in [5.74, 6) is -3.69. The molecule has 0 spiro atoms. The number of aliphatic hydroxyl groups is 1. The number of rotatable bonds is 4. The average Bonchev–Trinajstić information content (AvgIpc) is 2.46. The van der Waals surface area contributed by atoms with Gasteiger partial charge in [0.15, 0.2) is 5.75 Å². The Labute approximate surface area is 131 Å². The molecule has 1 fully saturated rings. The summed E-state index contributed by atoms with van der Waals surface area (Å²) in [7, 11) is 0. The summed E-state index contributed by atoms with van der Waals surface area (Å²) in [4.78, 5) is 1.58. The molecule has 21 heavy (non-hydrogen) atoms. The highest BCUT2D eigenvalue weighted by Gasteiger charge is 2.44. The lowest BCUT2D eigenvalue weighted by Gasteiger charge is -2.38. The number of piperazine rings is 1. The van der Waals surface area contributed by atoms with Crippen molar-refractivity contribution in [1.29, 1.82) is 0 Å². The Morgan fingerprint density at radius 3 is 2.24 bits per heavy atom. The van der Waals surface area contributed by atoms with Crippen molar-refractivity contribution >= 4 is 23.2 Å². The number of nitrogens with one attached hydrogen (secondary N) is 1. The molecule has 118 valence electrons. The van der Waals surface area contributed by atoms with Crippen molar-refractivity contribution in [2.75, 3.05) is 32.8 Å². The fourth-order valence-corrected chi connectivity index (χ4v) is 3.00. The zero-order valence-corrected chi connectivity index (χ0v) is 12.6. The van der Waals surface area contributed by atoms with Gasteiger partial charge in [0, 0.05) is 26.2 Å². The first-order chi connectivity index (χ1) is 9.86. The lowest BCUT2D eigenvalue weighted by molar-refractivity contribution is -0.118. The van der Waals surface area contributed by atoms with E-state index in [2.05, 4.69) is 5.32 Å². The number of nitrogens with zero attached hydrogens (tertiary/aromatic N) is 1. The fraction of sp³-hybridized carbons (Fsp3) is 0.538. The van der Waals surface area contributed by atoms with Gasteiger partial charge in [-0.25, -0.2) is 8.78 Å². The van der Waals surface area contributed by atoms with E-state index in [1.807, 2.05) is 0 Å². The monoisotopic (exact) mass is 340 g/mol. The van der Waals surface area contributed by atoms with Crippen molar-refractivity contribution in [2.24, 2.45) is 0 Å². The van der Waals surface area contributed by atoms with Crippen molar-refractivity contribution in [1.82, 2.24) is 10.2 Å². The summed E-state index contributed by atoms with van der Waals surface area (Å²) in [5.41, 5.74) is 0.170. The van der Waals surface area contributed by atoms with Gasteiger partial charge in [0.05, 0.1) is 10.0 Å². The molecule has 0 unspecified atom stereocenters. The molecular weight excluding hydrogens is 325 g/mol. The number of alkyl halides is 2. The molecule has 1 saturated heterocycles. The highest BCUT2D eigenvalue weighted by atomic mass is 35.5. The summed E-state index contributed by atoms with van der Waals surface area (Å²) < 4.78 is 28.4. The molecule has 4 nitrogen and oxygen atoms in total. The third-order valence-electron chi connectivity index (χ3n) is 3.48. The molecule has 1 heterocycles. The van der Waals surface area contributed by atoms with Crippen LogP contribution in [-0.4, -0.2) is 53.8 Å². The van der Waals surface area contributed by atoms with Gasteiger partial charge < -0.3 is 15.5 Å². The topological polar surface area (TPSA) is 55.7 Å². The van der Waals surface area contributed by atoms with E-state index in [4.69, 9.17) is 28.3 Å². The average molecular weight is 341 g/mol. The Morgan fingerprint density at radius 2 is 1.76 bits per heavy atom. The molecule has 0 saturated carbocycles. The molecule has 0 amide bonds. The number of benzene rings is 1.